The van der Waals surface area contributed by atoms with E-state index in [2.05, 4.69) is 20.6 Å². The first-order chi connectivity index (χ1) is 12.7. The van der Waals surface area contributed by atoms with Crippen molar-refractivity contribution >= 4 is 17.5 Å². The van der Waals surface area contributed by atoms with Crippen LogP contribution in [0.2, 0.25) is 0 Å². The molecule has 2 aliphatic carbocycles. The van der Waals surface area contributed by atoms with E-state index in [-0.39, 0.29) is 23.6 Å². The van der Waals surface area contributed by atoms with E-state index in [9.17, 15) is 9.59 Å². The van der Waals surface area contributed by atoms with Crippen molar-refractivity contribution < 1.29 is 9.59 Å². The Balaban J connectivity index is 1.46. The normalized spacial score (nSPS) is 17.1. The van der Waals surface area contributed by atoms with Gasteiger partial charge in [0.15, 0.2) is 0 Å². The van der Waals surface area contributed by atoms with Gasteiger partial charge in [-0.25, -0.2) is 0 Å². The van der Waals surface area contributed by atoms with Crippen molar-refractivity contribution in [1.29, 1.82) is 0 Å². The summed E-state index contributed by atoms with van der Waals surface area (Å²) in [6.07, 6.45) is 11.9. The quantitative estimate of drug-likeness (QED) is 0.867. The van der Waals surface area contributed by atoms with Crippen LogP contribution >= 0.6 is 0 Å². The topological polar surface area (TPSA) is 84.0 Å². The number of carbonyl (C=O) groups excluding carboxylic acids is 2. The first-order valence-electron chi connectivity index (χ1n) is 9.22. The van der Waals surface area contributed by atoms with Gasteiger partial charge < -0.3 is 10.6 Å². The second-order valence-corrected chi connectivity index (χ2v) is 7.12. The predicted molar refractivity (Wildman–Crippen MR) is 98.1 cm³/mol. The Labute approximate surface area is 152 Å². The molecule has 0 radical (unpaired) electrons. The molecule has 2 heterocycles. The molecule has 6 heteroatoms. The molecule has 0 unspecified atom stereocenters. The molecule has 2 saturated carbocycles. The van der Waals surface area contributed by atoms with Gasteiger partial charge in [-0.15, -0.1) is 0 Å². The summed E-state index contributed by atoms with van der Waals surface area (Å²) in [7, 11) is 0. The third-order valence-corrected chi connectivity index (χ3v) is 5.01. The fraction of sp³-hybridized carbons (Fsp3) is 0.400. The molecule has 0 spiro atoms. The average Bonchev–Trinajstić information content (AvgIpc) is 3.30. The van der Waals surface area contributed by atoms with E-state index in [1.54, 1.807) is 12.3 Å². The lowest BCUT2D eigenvalue weighted by Crippen LogP contribution is -2.26. The lowest BCUT2D eigenvalue weighted by atomic mass is 9.99. The van der Waals surface area contributed by atoms with Crippen LogP contribution in [0.3, 0.4) is 0 Å². The standard InChI is InChI=1S/C20H22N4O2/c25-19(14-7-8-22-18(10-14)20(26)23-16-5-6-16)24-17-9-15(11-21-12-17)13-3-1-2-4-13/h7-13,16H,1-6H2,(H,23,26)(H,24,25). The van der Waals surface area contributed by atoms with Gasteiger partial charge in [0, 0.05) is 24.0 Å². The minimum absolute atomic E-state index is 0.230. The first kappa shape index (κ1) is 16.7. The van der Waals surface area contributed by atoms with Gasteiger partial charge in [-0.2, -0.15) is 0 Å². The highest BCUT2D eigenvalue weighted by Crippen LogP contribution is 2.34. The number of nitrogens with one attached hydrogen (secondary N) is 2. The van der Waals surface area contributed by atoms with Crippen molar-refractivity contribution in [3.05, 3.63) is 53.6 Å². The van der Waals surface area contributed by atoms with E-state index in [1.165, 1.54) is 43.5 Å². The van der Waals surface area contributed by atoms with Crippen LogP contribution in [0, 0.1) is 0 Å². The minimum Gasteiger partial charge on any atom is -0.348 e. The van der Waals surface area contributed by atoms with Gasteiger partial charge in [-0.1, -0.05) is 12.8 Å². The maximum Gasteiger partial charge on any atom is 0.270 e. The van der Waals surface area contributed by atoms with E-state index >= 15 is 0 Å². The van der Waals surface area contributed by atoms with Crippen LogP contribution in [0.15, 0.2) is 36.8 Å². The number of aromatic nitrogens is 2. The van der Waals surface area contributed by atoms with E-state index in [4.69, 9.17) is 0 Å². The highest BCUT2D eigenvalue weighted by atomic mass is 16.2. The lowest BCUT2D eigenvalue weighted by Gasteiger charge is -2.11. The Bertz CT molecular complexity index is 826. The van der Waals surface area contributed by atoms with E-state index in [0.717, 1.165) is 12.8 Å². The van der Waals surface area contributed by atoms with Crippen LogP contribution in [0.4, 0.5) is 5.69 Å². The molecule has 2 fully saturated rings. The Morgan fingerprint density at radius 2 is 1.81 bits per heavy atom. The van der Waals surface area contributed by atoms with Crippen LogP contribution in [0.25, 0.3) is 0 Å². The molecule has 2 amide bonds. The smallest absolute Gasteiger partial charge is 0.270 e. The molecule has 2 N–H and O–H groups in total. The monoisotopic (exact) mass is 350 g/mol. The zero-order valence-corrected chi connectivity index (χ0v) is 14.6. The highest BCUT2D eigenvalue weighted by molar-refractivity contribution is 6.05. The Hall–Kier alpha value is -2.76. The molecule has 2 aliphatic rings. The largest absolute Gasteiger partial charge is 0.348 e. The zero-order valence-electron chi connectivity index (χ0n) is 14.6. The first-order valence-corrected chi connectivity index (χ1v) is 9.22. The summed E-state index contributed by atoms with van der Waals surface area (Å²) in [4.78, 5) is 33.0. The van der Waals surface area contributed by atoms with Gasteiger partial charge >= 0.3 is 0 Å². The maximum absolute atomic E-state index is 12.6. The number of hydrogen-bond acceptors (Lipinski definition) is 4. The number of pyridine rings is 2. The zero-order chi connectivity index (χ0) is 17.9. The third kappa shape index (κ3) is 3.90. The number of hydrogen-bond donors (Lipinski definition) is 2. The molecule has 0 aliphatic heterocycles. The molecule has 2 aromatic heterocycles. The molecule has 0 aromatic carbocycles. The highest BCUT2D eigenvalue weighted by Gasteiger charge is 2.24. The summed E-state index contributed by atoms with van der Waals surface area (Å²) in [6.45, 7) is 0. The third-order valence-electron chi connectivity index (χ3n) is 5.01. The summed E-state index contributed by atoms with van der Waals surface area (Å²) in [5.74, 6) is 0.0447. The molecule has 4 rings (SSSR count). The van der Waals surface area contributed by atoms with Gasteiger partial charge in [0.25, 0.3) is 11.8 Å². The molecular formula is C20H22N4O2. The van der Waals surface area contributed by atoms with Gasteiger partial charge in [0.05, 0.1) is 11.9 Å². The van der Waals surface area contributed by atoms with E-state index in [1.807, 2.05) is 12.3 Å². The second-order valence-electron chi connectivity index (χ2n) is 7.12. The van der Waals surface area contributed by atoms with Gasteiger partial charge in [-0.3, -0.25) is 19.6 Å². The average molecular weight is 350 g/mol. The van der Waals surface area contributed by atoms with Gasteiger partial charge in [0.1, 0.15) is 5.69 Å². The molecule has 0 bridgehead atoms. The van der Waals surface area contributed by atoms with Crippen molar-refractivity contribution in [2.24, 2.45) is 0 Å². The summed E-state index contributed by atoms with van der Waals surface area (Å²) in [5.41, 5.74) is 2.54. The molecule has 6 nitrogen and oxygen atoms in total. The minimum atomic E-state index is -0.266. The molecule has 26 heavy (non-hydrogen) atoms. The Morgan fingerprint density at radius 3 is 2.58 bits per heavy atom. The van der Waals surface area contributed by atoms with Crippen molar-refractivity contribution in [2.75, 3.05) is 5.32 Å². The summed E-state index contributed by atoms with van der Waals surface area (Å²) in [5, 5.41) is 5.76. The van der Waals surface area contributed by atoms with Crippen molar-refractivity contribution in [2.45, 2.75) is 50.5 Å². The number of rotatable bonds is 5. The molecular weight excluding hydrogens is 328 g/mol. The summed E-state index contributed by atoms with van der Waals surface area (Å²) in [6, 6.07) is 5.40. The molecule has 0 saturated heterocycles. The SMILES string of the molecule is O=C(Nc1cncc(C2CCCC2)c1)c1ccnc(C(=O)NC2CC2)c1. The molecule has 134 valence electrons. The number of amides is 2. The Kier molecular flexibility index (Phi) is 4.65. The van der Waals surface area contributed by atoms with E-state index in [0.29, 0.717) is 17.2 Å². The fourth-order valence-electron chi connectivity index (χ4n) is 3.39. The summed E-state index contributed by atoms with van der Waals surface area (Å²) < 4.78 is 0. The van der Waals surface area contributed by atoms with Crippen molar-refractivity contribution in [3.8, 4) is 0 Å². The van der Waals surface area contributed by atoms with Gasteiger partial charge in [0.2, 0.25) is 0 Å². The maximum atomic E-state index is 12.6. The second kappa shape index (κ2) is 7.23. The molecule has 0 atom stereocenters. The number of nitrogens with zero attached hydrogens (tertiary/aromatic N) is 2. The Morgan fingerprint density at radius 1 is 1.00 bits per heavy atom. The van der Waals surface area contributed by atoms with Crippen LogP contribution in [0.1, 0.15) is 70.9 Å². The van der Waals surface area contributed by atoms with E-state index < -0.39 is 0 Å². The van der Waals surface area contributed by atoms with Gasteiger partial charge in [-0.05, 0) is 55.4 Å². The number of anilines is 1. The van der Waals surface area contributed by atoms with Crippen molar-refractivity contribution in [1.82, 2.24) is 15.3 Å². The fourth-order valence-corrected chi connectivity index (χ4v) is 3.39. The van der Waals surface area contributed by atoms with Crippen molar-refractivity contribution in [3.63, 3.8) is 0 Å². The van der Waals surface area contributed by atoms with Crippen LogP contribution in [-0.2, 0) is 0 Å². The van der Waals surface area contributed by atoms with Crippen LogP contribution in [0.5, 0.6) is 0 Å². The van der Waals surface area contributed by atoms with Crippen LogP contribution < -0.4 is 10.6 Å². The summed E-state index contributed by atoms with van der Waals surface area (Å²) >= 11 is 0. The number of carbonyl (C=O) groups is 2. The van der Waals surface area contributed by atoms with Crippen LogP contribution in [-0.4, -0.2) is 27.8 Å². The predicted octanol–water partition coefficient (Wildman–Crippen LogP) is 3.28. The lowest BCUT2D eigenvalue weighted by molar-refractivity contribution is 0.0946. The molecule has 2 aromatic rings.